The Morgan fingerprint density at radius 1 is 1.11 bits per heavy atom. The number of thiophene rings is 1. The number of nitrogens with one attached hydrogen (secondary N) is 1. The lowest BCUT2D eigenvalue weighted by Gasteiger charge is -2.25. The minimum Gasteiger partial charge on any atom is -0.361 e. The quantitative estimate of drug-likeness (QED) is 0.590. The average Bonchev–Trinajstić information content (AvgIpc) is 3.39. The highest BCUT2D eigenvalue weighted by Gasteiger charge is 2.31. The molecule has 0 spiro atoms. The first-order valence-electron chi connectivity index (χ1n) is 9.18. The second-order valence-corrected chi connectivity index (χ2v) is 7.94. The summed E-state index contributed by atoms with van der Waals surface area (Å²) in [5.74, 6) is -0.240. The Morgan fingerprint density at radius 2 is 1.89 bits per heavy atom. The summed E-state index contributed by atoms with van der Waals surface area (Å²) >= 11 is 7.32. The molecule has 142 valence electrons. The van der Waals surface area contributed by atoms with Crippen molar-refractivity contribution in [2.24, 2.45) is 5.10 Å². The Bertz CT molecular complexity index is 953. The molecule has 0 radical (unpaired) electrons. The Morgan fingerprint density at radius 3 is 2.61 bits per heavy atom. The Kier molecular flexibility index (Phi) is 5.78. The minimum absolute atomic E-state index is 0.0329. The number of thiocarbonyl (C=S) groups is 1. The van der Waals surface area contributed by atoms with E-state index in [1.165, 1.54) is 17.7 Å². The molecule has 0 saturated carbocycles. The van der Waals surface area contributed by atoms with E-state index in [1.807, 2.05) is 46.8 Å². The van der Waals surface area contributed by atoms with E-state index >= 15 is 0 Å². The molecule has 1 N–H and O–H groups in total. The molecule has 1 aliphatic rings. The summed E-state index contributed by atoms with van der Waals surface area (Å²) in [5.41, 5.74) is 3.28. The Hall–Kier alpha value is -2.57. The van der Waals surface area contributed by atoms with Gasteiger partial charge in [-0.05, 0) is 53.3 Å². The summed E-state index contributed by atoms with van der Waals surface area (Å²) in [5, 5.41) is 12.6. The van der Waals surface area contributed by atoms with Crippen molar-refractivity contribution >= 4 is 34.4 Å². The first-order chi connectivity index (χ1) is 13.7. The van der Waals surface area contributed by atoms with E-state index < -0.39 is 0 Å². The topological polar surface area (TPSA) is 27.6 Å². The smallest absolute Gasteiger partial charge is 0.190 e. The second-order valence-electron chi connectivity index (χ2n) is 6.61. The van der Waals surface area contributed by atoms with E-state index in [0.29, 0.717) is 5.11 Å². The van der Waals surface area contributed by atoms with E-state index in [2.05, 4.69) is 23.5 Å². The lowest BCUT2D eigenvalue weighted by atomic mass is 10.0. The third-order valence-corrected chi connectivity index (χ3v) is 5.96. The molecule has 0 bridgehead atoms. The summed E-state index contributed by atoms with van der Waals surface area (Å²) in [6, 6.07) is 21.0. The maximum absolute atomic E-state index is 13.4. The normalized spacial score (nSPS) is 16.1. The lowest BCUT2D eigenvalue weighted by Crippen LogP contribution is -2.37. The molecule has 2 aromatic carbocycles. The third kappa shape index (κ3) is 4.29. The monoisotopic (exact) mass is 409 g/mol. The van der Waals surface area contributed by atoms with Crippen molar-refractivity contribution in [2.75, 3.05) is 6.54 Å². The van der Waals surface area contributed by atoms with E-state index in [4.69, 9.17) is 17.3 Å². The van der Waals surface area contributed by atoms with Crippen LogP contribution in [0.3, 0.4) is 0 Å². The van der Waals surface area contributed by atoms with Gasteiger partial charge in [0.05, 0.1) is 16.6 Å². The van der Waals surface area contributed by atoms with Gasteiger partial charge in [0.25, 0.3) is 0 Å². The molecule has 6 heteroatoms. The summed E-state index contributed by atoms with van der Waals surface area (Å²) in [7, 11) is 0. The standard InChI is InChI=1S/C22H20FN3S2/c23-18-10-8-17(9-11-18)20-15-19(21-7-4-14-28-21)25-26(20)22(27)24-13-12-16-5-2-1-3-6-16/h1-11,14,20H,12-13,15H2,(H,24,27)/t20-/m1/s1. The summed E-state index contributed by atoms with van der Waals surface area (Å²) in [6.07, 6.45) is 1.63. The molecule has 3 aromatic rings. The van der Waals surface area contributed by atoms with E-state index in [0.717, 1.165) is 35.5 Å². The number of hydrogen-bond donors (Lipinski definition) is 1. The second kappa shape index (κ2) is 8.63. The molecule has 0 aliphatic carbocycles. The molecule has 2 heterocycles. The van der Waals surface area contributed by atoms with Gasteiger partial charge in [-0.15, -0.1) is 11.3 Å². The number of nitrogens with zero attached hydrogens (tertiary/aromatic N) is 2. The van der Waals surface area contributed by atoms with Crippen LogP contribution in [0.1, 0.15) is 28.5 Å². The van der Waals surface area contributed by atoms with Gasteiger partial charge in [-0.3, -0.25) is 0 Å². The predicted octanol–water partition coefficient (Wildman–Crippen LogP) is 5.16. The van der Waals surface area contributed by atoms with Gasteiger partial charge in [0.2, 0.25) is 0 Å². The zero-order valence-electron chi connectivity index (χ0n) is 15.2. The first-order valence-corrected chi connectivity index (χ1v) is 10.5. The van der Waals surface area contributed by atoms with Crippen LogP contribution in [-0.2, 0) is 6.42 Å². The van der Waals surface area contributed by atoms with Crippen LogP contribution in [0.4, 0.5) is 4.39 Å². The summed E-state index contributed by atoms with van der Waals surface area (Å²) in [4.78, 5) is 1.14. The van der Waals surface area contributed by atoms with Crippen LogP contribution in [0.15, 0.2) is 77.2 Å². The Labute approximate surface area is 173 Å². The van der Waals surface area contributed by atoms with Gasteiger partial charge in [-0.1, -0.05) is 48.5 Å². The molecule has 3 nitrogen and oxygen atoms in total. The van der Waals surface area contributed by atoms with Crippen LogP contribution < -0.4 is 5.32 Å². The van der Waals surface area contributed by atoms with E-state index in [-0.39, 0.29) is 11.9 Å². The van der Waals surface area contributed by atoms with Crippen molar-refractivity contribution in [1.82, 2.24) is 10.3 Å². The molecule has 0 amide bonds. The molecule has 4 rings (SSSR count). The van der Waals surface area contributed by atoms with Gasteiger partial charge >= 0.3 is 0 Å². The molecule has 0 saturated heterocycles. The summed E-state index contributed by atoms with van der Waals surface area (Å²) in [6.45, 7) is 0.735. The molecule has 28 heavy (non-hydrogen) atoms. The van der Waals surface area contributed by atoms with Crippen molar-refractivity contribution in [3.63, 3.8) is 0 Å². The van der Waals surface area contributed by atoms with Crippen LogP contribution in [0.2, 0.25) is 0 Å². The highest BCUT2D eigenvalue weighted by atomic mass is 32.1. The zero-order chi connectivity index (χ0) is 19.3. The predicted molar refractivity (Wildman–Crippen MR) is 117 cm³/mol. The number of hydrogen-bond acceptors (Lipinski definition) is 3. The van der Waals surface area contributed by atoms with Crippen LogP contribution in [0.25, 0.3) is 0 Å². The van der Waals surface area contributed by atoms with Gasteiger partial charge in [0.15, 0.2) is 5.11 Å². The molecule has 1 aliphatic heterocycles. The fourth-order valence-electron chi connectivity index (χ4n) is 3.27. The number of benzene rings is 2. The van der Waals surface area contributed by atoms with Crippen LogP contribution in [0, 0.1) is 5.82 Å². The molecule has 0 fully saturated rings. The summed E-state index contributed by atoms with van der Waals surface area (Å²) < 4.78 is 13.4. The maximum Gasteiger partial charge on any atom is 0.190 e. The van der Waals surface area contributed by atoms with Gasteiger partial charge in [-0.2, -0.15) is 5.10 Å². The molecular weight excluding hydrogens is 389 g/mol. The highest BCUT2D eigenvalue weighted by molar-refractivity contribution is 7.80. The van der Waals surface area contributed by atoms with Crippen molar-refractivity contribution < 1.29 is 4.39 Å². The Balaban J connectivity index is 1.49. The molecular formula is C22H20FN3S2. The van der Waals surface area contributed by atoms with Gasteiger partial charge in [0, 0.05) is 13.0 Å². The SMILES string of the molecule is Fc1ccc([C@H]2CC(c3cccs3)=NN2C(=S)NCCc2ccccc2)cc1. The molecule has 1 atom stereocenters. The van der Waals surface area contributed by atoms with Gasteiger partial charge in [-0.25, -0.2) is 9.40 Å². The maximum atomic E-state index is 13.4. The third-order valence-electron chi connectivity index (χ3n) is 4.71. The molecule has 1 aromatic heterocycles. The van der Waals surface area contributed by atoms with Crippen molar-refractivity contribution in [3.05, 3.63) is 93.9 Å². The van der Waals surface area contributed by atoms with Crippen molar-refractivity contribution in [3.8, 4) is 0 Å². The largest absolute Gasteiger partial charge is 0.361 e. The molecule has 0 unspecified atom stereocenters. The van der Waals surface area contributed by atoms with Gasteiger partial charge in [0.1, 0.15) is 5.82 Å². The number of halogens is 1. The average molecular weight is 410 g/mol. The fourth-order valence-corrected chi connectivity index (χ4v) is 4.26. The van der Waals surface area contributed by atoms with Crippen molar-refractivity contribution in [1.29, 1.82) is 0 Å². The first kappa shape index (κ1) is 18.8. The van der Waals surface area contributed by atoms with Crippen LogP contribution >= 0.6 is 23.6 Å². The van der Waals surface area contributed by atoms with E-state index in [1.54, 1.807) is 11.3 Å². The van der Waals surface area contributed by atoms with Crippen LogP contribution in [0.5, 0.6) is 0 Å². The van der Waals surface area contributed by atoms with Gasteiger partial charge < -0.3 is 5.32 Å². The number of hydrazone groups is 1. The fraction of sp³-hybridized carbons (Fsp3) is 0.182. The minimum atomic E-state index is -0.240. The van der Waals surface area contributed by atoms with Crippen LogP contribution in [-0.4, -0.2) is 22.4 Å². The zero-order valence-corrected chi connectivity index (χ0v) is 16.8. The highest BCUT2D eigenvalue weighted by Crippen LogP contribution is 2.33. The van der Waals surface area contributed by atoms with E-state index in [9.17, 15) is 4.39 Å². The lowest BCUT2D eigenvalue weighted by molar-refractivity contribution is 0.364. The van der Waals surface area contributed by atoms with Crippen molar-refractivity contribution in [2.45, 2.75) is 18.9 Å². The number of rotatable bonds is 5.